The molecule has 1 aliphatic rings. The van der Waals surface area contributed by atoms with Crippen molar-refractivity contribution in [2.24, 2.45) is 0 Å². The summed E-state index contributed by atoms with van der Waals surface area (Å²) in [5.74, 6) is 3.06. The van der Waals surface area contributed by atoms with Gasteiger partial charge in [-0.1, -0.05) is 42.0 Å². The number of benzene rings is 2. The Balaban J connectivity index is 1.43. The summed E-state index contributed by atoms with van der Waals surface area (Å²) < 4.78 is 6.11. The van der Waals surface area contributed by atoms with Crippen molar-refractivity contribution in [3.05, 3.63) is 65.2 Å². The molecular formula is C19H21NO2S2. The van der Waals surface area contributed by atoms with Crippen molar-refractivity contribution < 1.29 is 9.53 Å². The fraction of sp³-hybridized carbons (Fsp3) is 0.316. The predicted molar refractivity (Wildman–Crippen MR) is 103 cm³/mol. The van der Waals surface area contributed by atoms with Crippen molar-refractivity contribution in [2.75, 3.05) is 18.1 Å². The van der Waals surface area contributed by atoms with Gasteiger partial charge in [-0.2, -0.15) is 0 Å². The van der Waals surface area contributed by atoms with Gasteiger partial charge in [0.25, 0.3) is 5.91 Å². The largest absolute Gasteiger partial charge is 0.484 e. The van der Waals surface area contributed by atoms with E-state index in [0.717, 1.165) is 11.3 Å². The predicted octanol–water partition coefficient (Wildman–Crippen LogP) is 4.17. The molecule has 1 aliphatic heterocycles. The summed E-state index contributed by atoms with van der Waals surface area (Å²) in [5, 5.41) is 2.87. The van der Waals surface area contributed by atoms with E-state index in [1.54, 1.807) is 0 Å². The van der Waals surface area contributed by atoms with E-state index in [1.807, 2.05) is 66.8 Å². The van der Waals surface area contributed by atoms with Crippen molar-refractivity contribution in [1.82, 2.24) is 5.32 Å². The van der Waals surface area contributed by atoms with Crippen LogP contribution in [0.15, 0.2) is 48.5 Å². The number of nitrogens with one attached hydrogen (secondary N) is 1. The summed E-state index contributed by atoms with van der Waals surface area (Å²) in [6.07, 6.45) is 0. The Morgan fingerprint density at radius 3 is 2.42 bits per heavy atom. The molecule has 1 heterocycles. The van der Waals surface area contributed by atoms with E-state index in [4.69, 9.17) is 4.74 Å². The zero-order valence-electron chi connectivity index (χ0n) is 13.7. The maximum Gasteiger partial charge on any atom is 0.258 e. The number of ether oxygens (including phenoxy) is 1. The first-order valence-corrected chi connectivity index (χ1v) is 10.1. The van der Waals surface area contributed by atoms with Crippen LogP contribution in [0.5, 0.6) is 5.75 Å². The van der Waals surface area contributed by atoms with Gasteiger partial charge in [0.05, 0.1) is 4.58 Å². The lowest BCUT2D eigenvalue weighted by Crippen LogP contribution is -2.28. The Morgan fingerprint density at radius 2 is 1.75 bits per heavy atom. The van der Waals surface area contributed by atoms with Gasteiger partial charge < -0.3 is 10.1 Å². The molecule has 2 aromatic rings. The molecule has 5 heteroatoms. The molecule has 1 N–H and O–H groups in total. The maximum absolute atomic E-state index is 11.9. The lowest BCUT2D eigenvalue weighted by molar-refractivity contribution is -0.123. The number of rotatable bonds is 6. The van der Waals surface area contributed by atoms with Crippen molar-refractivity contribution >= 4 is 29.4 Å². The molecule has 24 heavy (non-hydrogen) atoms. The average Bonchev–Trinajstić information content (AvgIpc) is 3.14. The summed E-state index contributed by atoms with van der Waals surface area (Å²) in [7, 11) is 0. The number of aryl methyl sites for hydroxylation is 1. The normalized spacial score (nSPS) is 14.5. The lowest BCUT2D eigenvalue weighted by atomic mass is 10.1. The number of hydrogen-bond donors (Lipinski definition) is 1. The van der Waals surface area contributed by atoms with E-state index >= 15 is 0 Å². The van der Waals surface area contributed by atoms with Crippen LogP contribution in [-0.4, -0.2) is 24.0 Å². The Labute approximate surface area is 151 Å². The third-order valence-corrected chi connectivity index (χ3v) is 6.86. The number of hydrogen-bond acceptors (Lipinski definition) is 4. The van der Waals surface area contributed by atoms with Gasteiger partial charge in [0.2, 0.25) is 0 Å². The van der Waals surface area contributed by atoms with Crippen LogP contribution in [0.3, 0.4) is 0 Å². The number of carbonyl (C=O) groups excluding carboxylic acids is 1. The molecule has 0 aromatic heterocycles. The van der Waals surface area contributed by atoms with Gasteiger partial charge in [0.1, 0.15) is 5.75 Å². The molecule has 0 spiro atoms. The highest BCUT2D eigenvalue weighted by Gasteiger charge is 2.17. The minimum absolute atomic E-state index is 0.0398. The van der Waals surface area contributed by atoms with E-state index in [9.17, 15) is 4.79 Å². The van der Waals surface area contributed by atoms with Crippen molar-refractivity contribution in [1.29, 1.82) is 0 Å². The molecule has 0 bridgehead atoms. The smallest absolute Gasteiger partial charge is 0.258 e. The van der Waals surface area contributed by atoms with Crippen LogP contribution in [0, 0.1) is 6.92 Å². The molecule has 1 saturated heterocycles. The molecule has 2 aromatic carbocycles. The summed E-state index contributed by atoms with van der Waals surface area (Å²) in [6.45, 7) is 2.61. The summed E-state index contributed by atoms with van der Waals surface area (Å²) >= 11 is 3.97. The van der Waals surface area contributed by atoms with Crippen LogP contribution < -0.4 is 10.1 Å². The fourth-order valence-corrected chi connectivity index (χ4v) is 5.24. The third-order valence-electron chi connectivity index (χ3n) is 3.75. The van der Waals surface area contributed by atoms with Gasteiger partial charge in [-0.3, -0.25) is 4.79 Å². The number of amides is 1. The number of thioether (sulfide) groups is 2. The molecule has 0 radical (unpaired) electrons. The SMILES string of the molecule is Cc1ccc(CNC(=O)COc2ccc(C3SCCS3)cc2)cc1. The standard InChI is InChI=1S/C19H21NO2S2/c1-14-2-4-15(5-3-14)12-20-18(21)13-22-17-8-6-16(7-9-17)19-23-10-11-24-19/h2-9,19H,10-13H2,1H3,(H,20,21). The van der Waals surface area contributed by atoms with E-state index < -0.39 is 0 Å². The summed E-state index contributed by atoms with van der Waals surface area (Å²) in [4.78, 5) is 11.9. The molecule has 0 aliphatic carbocycles. The monoisotopic (exact) mass is 359 g/mol. The van der Waals surface area contributed by atoms with Crippen LogP contribution in [0.4, 0.5) is 0 Å². The second-order valence-corrected chi connectivity index (χ2v) is 8.42. The van der Waals surface area contributed by atoms with Gasteiger partial charge >= 0.3 is 0 Å². The van der Waals surface area contributed by atoms with Crippen LogP contribution in [0.25, 0.3) is 0 Å². The molecule has 126 valence electrons. The van der Waals surface area contributed by atoms with E-state index in [-0.39, 0.29) is 12.5 Å². The Morgan fingerprint density at radius 1 is 1.08 bits per heavy atom. The molecule has 1 fully saturated rings. The first kappa shape index (κ1) is 17.2. The molecular weight excluding hydrogens is 338 g/mol. The highest BCUT2D eigenvalue weighted by Crippen LogP contribution is 2.45. The van der Waals surface area contributed by atoms with Gasteiger partial charge in [-0.25, -0.2) is 0 Å². The fourth-order valence-electron chi connectivity index (χ4n) is 2.38. The van der Waals surface area contributed by atoms with Gasteiger partial charge in [0, 0.05) is 18.1 Å². The first-order valence-electron chi connectivity index (χ1n) is 7.99. The molecule has 0 unspecified atom stereocenters. The van der Waals surface area contributed by atoms with Crippen LogP contribution in [0.2, 0.25) is 0 Å². The Hall–Kier alpha value is -1.59. The van der Waals surface area contributed by atoms with Crippen LogP contribution in [0.1, 0.15) is 21.3 Å². The minimum Gasteiger partial charge on any atom is -0.484 e. The Kier molecular flexibility index (Phi) is 6.10. The Bertz CT molecular complexity index is 665. The summed E-state index contributed by atoms with van der Waals surface area (Å²) in [5.41, 5.74) is 3.62. The quantitative estimate of drug-likeness (QED) is 0.840. The summed E-state index contributed by atoms with van der Waals surface area (Å²) in [6, 6.07) is 16.2. The maximum atomic E-state index is 11.9. The zero-order chi connectivity index (χ0) is 16.8. The van der Waals surface area contributed by atoms with Crippen molar-refractivity contribution in [3.8, 4) is 5.75 Å². The van der Waals surface area contributed by atoms with E-state index in [0.29, 0.717) is 11.1 Å². The van der Waals surface area contributed by atoms with E-state index in [2.05, 4.69) is 17.4 Å². The van der Waals surface area contributed by atoms with Crippen LogP contribution in [-0.2, 0) is 11.3 Å². The average molecular weight is 360 g/mol. The minimum atomic E-state index is -0.110. The molecule has 1 amide bonds. The number of carbonyl (C=O) groups is 1. The second-order valence-electron chi connectivity index (χ2n) is 5.69. The van der Waals surface area contributed by atoms with Gasteiger partial charge in [-0.15, -0.1) is 23.5 Å². The van der Waals surface area contributed by atoms with Gasteiger partial charge in [0.15, 0.2) is 6.61 Å². The lowest BCUT2D eigenvalue weighted by Gasteiger charge is -2.10. The van der Waals surface area contributed by atoms with Crippen LogP contribution >= 0.6 is 23.5 Å². The molecule has 3 nitrogen and oxygen atoms in total. The van der Waals surface area contributed by atoms with Crippen molar-refractivity contribution in [3.63, 3.8) is 0 Å². The topological polar surface area (TPSA) is 38.3 Å². The second kappa shape index (κ2) is 8.49. The molecule has 3 rings (SSSR count). The van der Waals surface area contributed by atoms with E-state index in [1.165, 1.54) is 22.6 Å². The first-order chi connectivity index (χ1) is 11.7. The third kappa shape index (κ3) is 4.95. The van der Waals surface area contributed by atoms with Gasteiger partial charge in [-0.05, 0) is 30.2 Å². The highest BCUT2D eigenvalue weighted by molar-refractivity contribution is 8.19. The highest BCUT2D eigenvalue weighted by atomic mass is 32.2. The van der Waals surface area contributed by atoms with Crippen molar-refractivity contribution in [2.45, 2.75) is 18.1 Å². The molecule has 0 saturated carbocycles. The molecule has 0 atom stereocenters. The zero-order valence-corrected chi connectivity index (χ0v) is 15.3.